The third-order valence-electron chi connectivity index (χ3n) is 5.27. The summed E-state index contributed by atoms with van der Waals surface area (Å²) in [5.74, 6) is 5.22. The molecule has 2 aromatic rings. The molecule has 1 amide bonds. The van der Waals surface area contributed by atoms with Crippen LogP contribution in [0.4, 0.5) is 4.79 Å². The van der Waals surface area contributed by atoms with Gasteiger partial charge < -0.3 is 19.5 Å². The molecule has 1 aromatic carbocycles. The highest BCUT2D eigenvalue weighted by molar-refractivity contribution is 5.75. The number of nitrogens with two attached hydrogens (primary N) is 1. The highest BCUT2D eigenvalue weighted by Gasteiger charge is 2.26. The van der Waals surface area contributed by atoms with Gasteiger partial charge in [0.05, 0.1) is 18.3 Å². The van der Waals surface area contributed by atoms with Crippen LogP contribution in [0.15, 0.2) is 41.8 Å². The molecule has 0 aliphatic heterocycles. The molecule has 13 nitrogen and oxygen atoms in total. The zero-order chi connectivity index (χ0) is 29.8. The van der Waals surface area contributed by atoms with Gasteiger partial charge in [0.25, 0.3) is 0 Å². The van der Waals surface area contributed by atoms with Gasteiger partial charge in [-0.15, -0.1) is 4.68 Å². The van der Waals surface area contributed by atoms with Crippen LogP contribution in [-0.4, -0.2) is 53.7 Å². The number of hydrogen-bond donors (Lipinski definition) is 2. The lowest BCUT2D eigenvalue weighted by atomic mass is 10.1. The molecular weight excluding hydrogens is 518 g/mol. The van der Waals surface area contributed by atoms with Crippen molar-refractivity contribution in [2.45, 2.75) is 84.8 Å². The molecule has 40 heavy (non-hydrogen) atoms. The van der Waals surface area contributed by atoms with Crippen molar-refractivity contribution >= 4 is 12.1 Å². The fourth-order valence-corrected chi connectivity index (χ4v) is 3.58. The van der Waals surface area contributed by atoms with Crippen molar-refractivity contribution in [1.82, 2.24) is 10.00 Å². The number of nitrogens with zero attached hydrogens (tertiary/aromatic N) is 5. The smallest absolute Gasteiger partial charge is 0.407 e. The average molecular weight is 561 g/mol. The van der Waals surface area contributed by atoms with Gasteiger partial charge in [-0.1, -0.05) is 17.2 Å². The normalized spacial score (nSPS) is 12.3. The number of rotatable bonds is 14. The van der Waals surface area contributed by atoms with E-state index in [2.05, 4.69) is 24.7 Å². The van der Waals surface area contributed by atoms with Crippen LogP contribution in [-0.2, 0) is 32.2 Å². The van der Waals surface area contributed by atoms with E-state index in [1.165, 1.54) is 0 Å². The lowest BCUT2D eigenvalue weighted by molar-refractivity contribution is -0.775. The molecule has 0 spiro atoms. The Hall–Kier alpha value is -3.80. The highest BCUT2D eigenvalue weighted by atomic mass is 16.7. The minimum atomic E-state index is -1.05. The number of nitrogens with one attached hydrogen (secondary N) is 1. The molecule has 0 bridgehead atoms. The minimum absolute atomic E-state index is 0.0936. The number of amides is 1. The molecule has 220 valence electrons. The maximum absolute atomic E-state index is 12.2. The van der Waals surface area contributed by atoms with Crippen molar-refractivity contribution < 1.29 is 33.3 Å². The van der Waals surface area contributed by atoms with Crippen LogP contribution in [0.25, 0.3) is 21.6 Å². The van der Waals surface area contributed by atoms with E-state index in [1.807, 2.05) is 45.3 Å². The first kappa shape index (κ1) is 32.4. The summed E-state index contributed by atoms with van der Waals surface area (Å²) in [4.78, 5) is 31.7. The van der Waals surface area contributed by atoms with Gasteiger partial charge in [-0.2, -0.15) is 4.68 Å². The van der Waals surface area contributed by atoms with Crippen LogP contribution >= 0.6 is 0 Å². The molecule has 0 aliphatic carbocycles. The number of ether oxygens (including phenoxy) is 3. The van der Waals surface area contributed by atoms with Crippen LogP contribution in [0.2, 0.25) is 0 Å². The number of alkyl carbamates (subject to hydrolysis) is 1. The summed E-state index contributed by atoms with van der Waals surface area (Å²) in [5, 5.41) is 6.39. The van der Waals surface area contributed by atoms with E-state index in [9.17, 15) is 9.59 Å². The molecule has 3 N–H and O–H groups in total. The quantitative estimate of drug-likeness (QED) is 0.0669. The number of carbonyl (C=O) groups excluding carboxylic acids is 2. The van der Waals surface area contributed by atoms with Crippen molar-refractivity contribution in [2.75, 3.05) is 19.7 Å². The summed E-state index contributed by atoms with van der Waals surface area (Å²) in [7, 11) is 0. The largest absolute Gasteiger partial charge is 0.490 e. The van der Waals surface area contributed by atoms with Gasteiger partial charge in [-0.3, -0.25) is 4.84 Å². The van der Waals surface area contributed by atoms with E-state index in [1.54, 1.807) is 32.9 Å². The predicted octanol–water partition coefficient (Wildman–Crippen LogP) is 4.04. The summed E-state index contributed by atoms with van der Waals surface area (Å²) in [6, 6.07) is 7.42. The van der Waals surface area contributed by atoms with Crippen molar-refractivity contribution in [3.8, 4) is 16.9 Å². The standard InChI is InChI=1S/C27H41N7O6/c1-26(2,3)38-24(35)23(40-29)19-37-22-11-9-20(10-12-22)21-17-33(34(18-21)16-8-14-31-32-28)15-7-13-30-25(36)39-27(4,5)6/h9-12,17-18,23H,7-8,13-16,19,29H2,1-6H3/p+1. The van der Waals surface area contributed by atoms with E-state index >= 15 is 0 Å². The molecular formula is C27H42N7O6+. The van der Waals surface area contributed by atoms with Gasteiger partial charge in [-0.05, 0) is 71.2 Å². The molecule has 0 fully saturated rings. The first-order valence-corrected chi connectivity index (χ1v) is 13.2. The SMILES string of the molecule is CC(C)(C)OC(=O)NCCCn1cc(-c2ccc(OCC(ON)C(=O)OC(C)(C)C)cc2)c[n+]1CCCN=[N+]=[N-]. The monoisotopic (exact) mass is 560 g/mol. The Morgan fingerprint density at radius 2 is 1.75 bits per heavy atom. The molecule has 0 radical (unpaired) electrons. The first-order valence-electron chi connectivity index (χ1n) is 13.2. The lowest BCUT2D eigenvalue weighted by Gasteiger charge is -2.22. The van der Waals surface area contributed by atoms with Gasteiger partial charge in [0.1, 0.15) is 23.6 Å². The van der Waals surface area contributed by atoms with Crippen LogP contribution < -0.4 is 20.6 Å². The zero-order valence-electron chi connectivity index (χ0n) is 24.3. The number of azide groups is 1. The van der Waals surface area contributed by atoms with E-state index in [4.69, 9.17) is 30.5 Å². The second kappa shape index (κ2) is 15.1. The maximum Gasteiger partial charge on any atom is 0.407 e. The third-order valence-corrected chi connectivity index (χ3v) is 5.27. The predicted molar refractivity (Wildman–Crippen MR) is 148 cm³/mol. The second-order valence-corrected chi connectivity index (χ2v) is 11.1. The fourth-order valence-electron chi connectivity index (χ4n) is 3.58. The number of aromatic nitrogens is 2. The van der Waals surface area contributed by atoms with Crippen molar-refractivity contribution in [1.29, 1.82) is 0 Å². The van der Waals surface area contributed by atoms with E-state index < -0.39 is 29.4 Å². The molecule has 1 heterocycles. The molecule has 13 heteroatoms. The third kappa shape index (κ3) is 11.9. The molecule has 2 rings (SSSR count). The Balaban J connectivity index is 2.04. The van der Waals surface area contributed by atoms with Crippen molar-refractivity contribution in [2.24, 2.45) is 11.0 Å². The summed E-state index contributed by atoms with van der Waals surface area (Å²) >= 11 is 0. The summed E-state index contributed by atoms with van der Waals surface area (Å²) in [5.41, 5.74) is 9.28. The van der Waals surface area contributed by atoms with Crippen LogP contribution in [0, 0.1) is 0 Å². The highest BCUT2D eigenvalue weighted by Crippen LogP contribution is 2.22. The van der Waals surface area contributed by atoms with Crippen LogP contribution in [0.1, 0.15) is 54.4 Å². The molecule has 0 saturated carbocycles. The second-order valence-electron chi connectivity index (χ2n) is 11.1. The summed E-state index contributed by atoms with van der Waals surface area (Å²) < 4.78 is 20.4. The molecule has 1 unspecified atom stereocenters. The van der Waals surface area contributed by atoms with Gasteiger partial charge in [-0.25, -0.2) is 15.5 Å². The number of carbonyl (C=O) groups is 2. The van der Waals surface area contributed by atoms with E-state index in [0.717, 1.165) is 11.1 Å². The Bertz CT molecular complexity index is 1150. The fraction of sp³-hybridized carbons (Fsp3) is 0.593. The Morgan fingerprint density at radius 1 is 1.07 bits per heavy atom. The van der Waals surface area contributed by atoms with Gasteiger partial charge in [0.15, 0.2) is 6.54 Å². The Kier molecular flexibility index (Phi) is 12.2. The van der Waals surface area contributed by atoms with Crippen molar-refractivity contribution in [3.05, 3.63) is 47.1 Å². The van der Waals surface area contributed by atoms with Crippen molar-refractivity contribution in [3.63, 3.8) is 0 Å². The van der Waals surface area contributed by atoms with E-state index in [-0.39, 0.29) is 6.61 Å². The lowest BCUT2D eigenvalue weighted by Crippen LogP contribution is -2.43. The maximum atomic E-state index is 12.2. The van der Waals surface area contributed by atoms with Crippen LogP contribution in [0.5, 0.6) is 5.75 Å². The summed E-state index contributed by atoms with van der Waals surface area (Å²) in [6.07, 6.45) is 3.93. The minimum Gasteiger partial charge on any atom is -0.490 e. The molecule has 1 atom stereocenters. The average Bonchev–Trinajstić information content (AvgIpc) is 3.26. The van der Waals surface area contributed by atoms with Crippen LogP contribution in [0.3, 0.4) is 0 Å². The number of aryl methyl sites for hydroxylation is 2. The van der Waals surface area contributed by atoms with Gasteiger partial charge in [0.2, 0.25) is 12.3 Å². The molecule has 0 saturated heterocycles. The first-order chi connectivity index (χ1) is 18.8. The summed E-state index contributed by atoms with van der Waals surface area (Å²) in [6.45, 7) is 12.8. The number of hydrogen-bond acceptors (Lipinski definition) is 8. The van der Waals surface area contributed by atoms with Gasteiger partial charge in [0, 0.05) is 24.4 Å². The zero-order valence-corrected chi connectivity index (χ0v) is 24.3. The molecule has 1 aromatic heterocycles. The van der Waals surface area contributed by atoms with Gasteiger partial charge >= 0.3 is 12.1 Å². The number of esters is 1. The Morgan fingerprint density at radius 3 is 2.35 bits per heavy atom. The molecule has 0 aliphatic rings. The van der Waals surface area contributed by atoms with E-state index in [0.29, 0.717) is 44.8 Å². The Labute approximate surface area is 235 Å². The topological polar surface area (TPSA) is 167 Å². The number of benzene rings is 1.